The summed E-state index contributed by atoms with van der Waals surface area (Å²) in [6, 6.07) is 9.38. The number of imidazole rings is 1. The summed E-state index contributed by atoms with van der Waals surface area (Å²) in [4.78, 5) is 38.4. The van der Waals surface area contributed by atoms with E-state index in [1.807, 2.05) is 56.0 Å². The van der Waals surface area contributed by atoms with Crippen molar-refractivity contribution >= 4 is 28.0 Å². The van der Waals surface area contributed by atoms with Gasteiger partial charge in [0.1, 0.15) is 17.2 Å². The van der Waals surface area contributed by atoms with Gasteiger partial charge >= 0.3 is 5.69 Å². The zero-order valence-electron chi connectivity index (χ0n) is 23.4. The van der Waals surface area contributed by atoms with Crippen molar-refractivity contribution in [1.29, 1.82) is 0 Å². The van der Waals surface area contributed by atoms with Gasteiger partial charge in [-0.2, -0.15) is 0 Å². The number of H-pyrrole nitrogens is 2. The van der Waals surface area contributed by atoms with Crippen LogP contribution in [0.4, 0.5) is 0 Å². The number of benzene rings is 2. The largest absolute Gasteiger partial charge is 0.507 e. The lowest BCUT2D eigenvalue weighted by Crippen LogP contribution is -2.49. The number of phenols is 1. The van der Waals surface area contributed by atoms with Gasteiger partial charge in [0.2, 0.25) is 5.91 Å². The van der Waals surface area contributed by atoms with E-state index in [0.29, 0.717) is 48.7 Å². The van der Waals surface area contributed by atoms with Crippen molar-refractivity contribution in [3.63, 3.8) is 0 Å². The molecule has 5 rings (SSSR count). The monoisotopic (exact) mass is 547 g/mol. The highest BCUT2D eigenvalue weighted by Crippen LogP contribution is 2.32. The number of aromatic amines is 2. The zero-order valence-corrected chi connectivity index (χ0v) is 23.4. The van der Waals surface area contributed by atoms with Crippen molar-refractivity contribution in [3.8, 4) is 17.2 Å². The Morgan fingerprint density at radius 3 is 2.55 bits per heavy atom. The molecule has 10 nitrogen and oxygen atoms in total. The fraction of sp³-hybridized carbons (Fsp3) is 0.433. The van der Waals surface area contributed by atoms with Crippen LogP contribution >= 0.6 is 0 Å². The molecule has 1 aliphatic heterocycles. The van der Waals surface area contributed by atoms with Crippen LogP contribution in [0.2, 0.25) is 0 Å². The van der Waals surface area contributed by atoms with Crippen molar-refractivity contribution in [2.75, 3.05) is 45.9 Å². The second kappa shape index (κ2) is 12.0. The Balaban J connectivity index is 0.992. The fourth-order valence-electron chi connectivity index (χ4n) is 5.14. The van der Waals surface area contributed by atoms with Crippen molar-refractivity contribution < 1.29 is 19.4 Å². The minimum atomic E-state index is -0.280. The van der Waals surface area contributed by atoms with Gasteiger partial charge in [-0.3, -0.25) is 14.7 Å². The minimum Gasteiger partial charge on any atom is -0.507 e. The number of piperazine rings is 1. The van der Waals surface area contributed by atoms with E-state index in [9.17, 15) is 14.7 Å². The Kier molecular flexibility index (Phi) is 8.25. The molecule has 0 unspecified atom stereocenters. The highest BCUT2D eigenvalue weighted by Gasteiger charge is 2.20. The van der Waals surface area contributed by atoms with Crippen LogP contribution in [0, 0.1) is 20.8 Å². The number of nitrogens with zero attached hydrogens (tertiary/aromatic N) is 3. The summed E-state index contributed by atoms with van der Waals surface area (Å²) >= 11 is 0. The molecular formula is C30H37N5O5. The van der Waals surface area contributed by atoms with Crippen LogP contribution in [0.25, 0.3) is 22.1 Å². The molecule has 1 fully saturated rings. The summed E-state index contributed by atoms with van der Waals surface area (Å²) in [5, 5.41) is 10.9. The standard InChI is InChI=1S/C30H37N5O5/c1-19-16-26(20(2)21(3)28(19)37)40-15-5-9-34-10-12-35(13-11-34)27(36)6-4-14-39-23-7-8-24-22(17-23)18-25-29(31-24)33-30(38)32-25/h7-8,16-18,37H,4-6,9-15H2,1-3H3,(H2,31,32,33,38). The molecule has 1 aliphatic rings. The smallest absolute Gasteiger partial charge is 0.325 e. The van der Waals surface area contributed by atoms with Crippen LogP contribution in [-0.4, -0.2) is 81.7 Å². The number of aromatic nitrogens is 3. The van der Waals surface area contributed by atoms with Gasteiger partial charge in [-0.15, -0.1) is 0 Å². The van der Waals surface area contributed by atoms with E-state index in [1.165, 1.54) is 0 Å². The highest BCUT2D eigenvalue weighted by molar-refractivity contribution is 5.90. The first-order valence-electron chi connectivity index (χ1n) is 13.9. The molecule has 4 aromatic rings. The van der Waals surface area contributed by atoms with Crippen LogP contribution < -0.4 is 15.2 Å². The maximum Gasteiger partial charge on any atom is 0.325 e. The van der Waals surface area contributed by atoms with E-state index >= 15 is 0 Å². The molecule has 40 heavy (non-hydrogen) atoms. The van der Waals surface area contributed by atoms with Gasteiger partial charge in [-0.05, 0) is 80.6 Å². The predicted molar refractivity (Wildman–Crippen MR) is 154 cm³/mol. The number of phenolic OH excluding ortho intramolecular Hbond substituents is 1. The number of aromatic hydroxyl groups is 1. The number of rotatable bonds is 10. The topological polar surface area (TPSA) is 124 Å². The minimum absolute atomic E-state index is 0.168. The van der Waals surface area contributed by atoms with Gasteiger partial charge in [-0.25, -0.2) is 9.78 Å². The molecule has 2 aromatic heterocycles. The third-order valence-electron chi connectivity index (χ3n) is 7.68. The second-order valence-electron chi connectivity index (χ2n) is 10.5. The molecule has 212 valence electrons. The number of aryl methyl sites for hydroxylation is 1. The van der Waals surface area contributed by atoms with Gasteiger partial charge in [0.05, 0.1) is 24.2 Å². The Morgan fingerprint density at radius 2 is 1.75 bits per heavy atom. The van der Waals surface area contributed by atoms with Crippen LogP contribution in [0.5, 0.6) is 17.2 Å². The molecule has 10 heteroatoms. The number of hydrogen-bond acceptors (Lipinski definition) is 7. The van der Waals surface area contributed by atoms with Gasteiger partial charge < -0.3 is 24.5 Å². The average molecular weight is 548 g/mol. The summed E-state index contributed by atoms with van der Waals surface area (Å²) in [6.45, 7) is 11.0. The summed E-state index contributed by atoms with van der Waals surface area (Å²) in [5.41, 5.74) is 4.35. The number of carbonyl (C=O) groups is 1. The van der Waals surface area contributed by atoms with E-state index < -0.39 is 0 Å². The van der Waals surface area contributed by atoms with Crippen molar-refractivity contribution in [2.24, 2.45) is 0 Å². The van der Waals surface area contributed by atoms with E-state index in [-0.39, 0.29) is 11.6 Å². The van der Waals surface area contributed by atoms with Crippen LogP contribution in [0.15, 0.2) is 35.1 Å². The molecular weight excluding hydrogens is 510 g/mol. The molecule has 1 saturated heterocycles. The van der Waals surface area contributed by atoms with Crippen LogP contribution in [-0.2, 0) is 4.79 Å². The first-order chi connectivity index (χ1) is 19.3. The first kappa shape index (κ1) is 27.5. The van der Waals surface area contributed by atoms with Gasteiger partial charge in [-0.1, -0.05) is 0 Å². The number of pyridine rings is 1. The van der Waals surface area contributed by atoms with E-state index in [0.717, 1.165) is 72.5 Å². The molecule has 0 bridgehead atoms. The molecule has 3 heterocycles. The molecule has 0 atom stereocenters. The van der Waals surface area contributed by atoms with E-state index in [1.54, 1.807) is 0 Å². The van der Waals surface area contributed by atoms with Crippen molar-refractivity contribution in [1.82, 2.24) is 24.8 Å². The SMILES string of the molecule is Cc1cc(OCCCN2CCN(C(=O)CCCOc3ccc4nc5[nH]c(=O)[nH]c5cc4c3)CC2)c(C)c(C)c1O. The molecule has 0 aliphatic carbocycles. The molecule has 0 saturated carbocycles. The Morgan fingerprint density at radius 1 is 0.975 bits per heavy atom. The Labute approximate surface area is 232 Å². The fourth-order valence-corrected chi connectivity index (χ4v) is 5.14. The number of ether oxygens (including phenoxy) is 2. The van der Waals surface area contributed by atoms with Crippen LogP contribution in [0.3, 0.4) is 0 Å². The van der Waals surface area contributed by atoms with E-state index in [2.05, 4.69) is 19.9 Å². The highest BCUT2D eigenvalue weighted by atomic mass is 16.5. The zero-order chi connectivity index (χ0) is 28.2. The number of nitrogens with one attached hydrogen (secondary N) is 2. The lowest BCUT2D eigenvalue weighted by atomic mass is 10.0. The summed E-state index contributed by atoms with van der Waals surface area (Å²) in [5.74, 6) is 2.05. The van der Waals surface area contributed by atoms with Gasteiger partial charge in [0, 0.05) is 44.5 Å². The second-order valence-corrected chi connectivity index (χ2v) is 10.5. The summed E-state index contributed by atoms with van der Waals surface area (Å²) in [7, 11) is 0. The Hall–Kier alpha value is -4.05. The molecule has 3 N–H and O–H groups in total. The first-order valence-corrected chi connectivity index (χ1v) is 13.9. The number of hydrogen-bond donors (Lipinski definition) is 3. The molecule has 0 spiro atoms. The van der Waals surface area contributed by atoms with E-state index in [4.69, 9.17) is 9.47 Å². The maximum absolute atomic E-state index is 12.7. The predicted octanol–water partition coefficient (Wildman–Crippen LogP) is 3.81. The van der Waals surface area contributed by atoms with Crippen LogP contribution in [0.1, 0.15) is 36.0 Å². The normalized spacial score (nSPS) is 14.2. The van der Waals surface area contributed by atoms with Crippen molar-refractivity contribution in [2.45, 2.75) is 40.0 Å². The lowest BCUT2D eigenvalue weighted by molar-refractivity contribution is -0.133. The lowest BCUT2D eigenvalue weighted by Gasteiger charge is -2.34. The average Bonchev–Trinajstić information content (AvgIpc) is 3.32. The third-order valence-corrected chi connectivity index (χ3v) is 7.68. The number of fused-ring (bicyclic) bond motifs is 2. The number of carbonyl (C=O) groups excluding carboxylic acids is 1. The van der Waals surface area contributed by atoms with Gasteiger partial charge in [0.15, 0.2) is 5.65 Å². The van der Waals surface area contributed by atoms with Crippen molar-refractivity contribution in [3.05, 3.63) is 57.5 Å². The third kappa shape index (κ3) is 6.22. The molecule has 0 radical (unpaired) electrons. The number of amides is 1. The Bertz CT molecular complexity index is 1570. The molecule has 2 aromatic carbocycles. The quantitative estimate of drug-likeness (QED) is 0.258. The maximum atomic E-state index is 12.7. The molecule has 1 amide bonds. The summed E-state index contributed by atoms with van der Waals surface area (Å²) in [6.07, 6.45) is 2.01. The summed E-state index contributed by atoms with van der Waals surface area (Å²) < 4.78 is 11.9. The van der Waals surface area contributed by atoms with Gasteiger partial charge in [0.25, 0.3) is 0 Å².